The van der Waals surface area contributed by atoms with Crippen LogP contribution in [0.3, 0.4) is 0 Å². The van der Waals surface area contributed by atoms with Crippen LogP contribution in [0.15, 0.2) is 71.6 Å². The molecule has 4 N–H and O–H groups in total. The van der Waals surface area contributed by atoms with Crippen LogP contribution in [0.5, 0.6) is 11.5 Å². The Hall–Kier alpha value is -3.00. The van der Waals surface area contributed by atoms with Crippen molar-refractivity contribution in [3.8, 4) is 22.6 Å². The van der Waals surface area contributed by atoms with E-state index in [9.17, 15) is 20.1 Å². The number of aliphatic hydroxyl groups is 1. The van der Waals surface area contributed by atoms with Crippen molar-refractivity contribution in [2.24, 2.45) is 0 Å². The predicted molar refractivity (Wildman–Crippen MR) is 136 cm³/mol. The average molecular weight is 482 g/mol. The molecule has 0 aliphatic carbocycles. The molecule has 2 atom stereocenters. The number of thioether (sulfide) groups is 1. The van der Waals surface area contributed by atoms with Crippen LogP contribution in [-0.2, 0) is 0 Å². The number of hydrogen-bond donors (Lipinski definition) is 4. The molecular weight excluding hydrogens is 450 g/mol. The van der Waals surface area contributed by atoms with Gasteiger partial charge in [-0.25, -0.2) is 4.79 Å². The zero-order chi connectivity index (χ0) is 24.7. The second-order valence-electron chi connectivity index (χ2n) is 8.33. The molecule has 0 unspecified atom stereocenters. The van der Waals surface area contributed by atoms with Gasteiger partial charge in [0, 0.05) is 22.7 Å². The molecule has 0 saturated carbocycles. The van der Waals surface area contributed by atoms with Crippen molar-refractivity contribution in [1.29, 1.82) is 0 Å². The molecule has 7 heteroatoms. The van der Waals surface area contributed by atoms with Crippen molar-refractivity contribution in [3.05, 3.63) is 77.9 Å². The van der Waals surface area contributed by atoms with Crippen LogP contribution < -0.4 is 10.1 Å². The second-order valence-corrected chi connectivity index (χ2v) is 9.95. The average Bonchev–Trinajstić information content (AvgIpc) is 2.81. The van der Waals surface area contributed by atoms with Gasteiger partial charge in [0.2, 0.25) is 0 Å². The largest absolute Gasteiger partial charge is 0.508 e. The van der Waals surface area contributed by atoms with Crippen molar-refractivity contribution in [1.82, 2.24) is 5.32 Å². The number of aromatic carboxylic acids is 1. The number of ether oxygens (including phenoxy) is 1. The molecule has 0 bridgehead atoms. The first-order valence-corrected chi connectivity index (χ1v) is 12.1. The number of nitrogens with one attached hydrogen (secondary N) is 1. The molecule has 0 radical (unpaired) electrons. The number of phenolic OH excluding ortho intramolecular Hbond substituents is 1. The number of carboxylic acids is 1. The zero-order valence-electron chi connectivity index (χ0n) is 19.6. The van der Waals surface area contributed by atoms with Crippen LogP contribution in [0.4, 0.5) is 0 Å². The number of hydrogen-bond acceptors (Lipinski definition) is 6. The zero-order valence-corrected chi connectivity index (χ0v) is 20.4. The third-order valence-corrected chi connectivity index (χ3v) is 6.37. The standard InChI is InChI=1S/C27H31NO5S/c1-17(2)34-25-16-21(8-13-24(25)27(31)32)19-6-11-23(12-7-19)33-15-14-28-18(3)26(30)20-4-9-22(29)10-5-20/h4-13,16-18,26,28-30H,14-15H2,1-3H3,(H,31,32)/t18-,26-/m0/s1. The van der Waals surface area contributed by atoms with E-state index in [0.29, 0.717) is 18.7 Å². The van der Waals surface area contributed by atoms with E-state index in [4.69, 9.17) is 4.74 Å². The Labute approximate surface area is 204 Å². The summed E-state index contributed by atoms with van der Waals surface area (Å²) in [6.45, 7) is 6.98. The topological polar surface area (TPSA) is 99.0 Å². The number of aromatic hydroxyl groups is 1. The van der Waals surface area contributed by atoms with Gasteiger partial charge in [-0.05, 0) is 60.0 Å². The van der Waals surface area contributed by atoms with Gasteiger partial charge in [0.1, 0.15) is 18.1 Å². The Morgan fingerprint density at radius 2 is 1.62 bits per heavy atom. The van der Waals surface area contributed by atoms with E-state index in [1.807, 2.05) is 57.2 Å². The summed E-state index contributed by atoms with van der Waals surface area (Å²) in [5.41, 5.74) is 3.00. The smallest absolute Gasteiger partial charge is 0.336 e. The Balaban J connectivity index is 1.54. The fourth-order valence-corrected chi connectivity index (χ4v) is 4.49. The minimum Gasteiger partial charge on any atom is -0.508 e. The Bertz CT molecular complexity index is 1080. The maximum absolute atomic E-state index is 11.5. The lowest BCUT2D eigenvalue weighted by molar-refractivity contribution is 0.0693. The fourth-order valence-electron chi connectivity index (χ4n) is 3.50. The van der Waals surface area contributed by atoms with Crippen molar-refractivity contribution in [2.45, 2.75) is 43.1 Å². The highest BCUT2D eigenvalue weighted by molar-refractivity contribution is 8.00. The maximum atomic E-state index is 11.5. The summed E-state index contributed by atoms with van der Waals surface area (Å²) in [7, 11) is 0. The van der Waals surface area contributed by atoms with E-state index in [2.05, 4.69) is 5.32 Å². The minimum absolute atomic E-state index is 0.170. The van der Waals surface area contributed by atoms with Crippen LogP contribution in [0, 0.1) is 0 Å². The van der Waals surface area contributed by atoms with Gasteiger partial charge < -0.3 is 25.4 Å². The second kappa shape index (κ2) is 11.9. The highest BCUT2D eigenvalue weighted by Crippen LogP contribution is 2.32. The van der Waals surface area contributed by atoms with Crippen molar-refractivity contribution >= 4 is 17.7 Å². The molecule has 3 aromatic rings. The summed E-state index contributed by atoms with van der Waals surface area (Å²) in [6, 6.07) is 19.5. The molecule has 0 aliphatic heterocycles. The lowest BCUT2D eigenvalue weighted by Crippen LogP contribution is -2.35. The number of rotatable bonds is 11. The van der Waals surface area contributed by atoms with Gasteiger partial charge in [-0.1, -0.05) is 44.2 Å². The predicted octanol–water partition coefficient (Wildman–Crippen LogP) is 5.35. The van der Waals surface area contributed by atoms with Crippen molar-refractivity contribution in [2.75, 3.05) is 13.2 Å². The number of carboxylic acid groups (broad SMARTS) is 1. The normalized spacial score (nSPS) is 13.0. The summed E-state index contributed by atoms with van der Waals surface area (Å²) in [4.78, 5) is 12.3. The number of benzene rings is 3. The van der Waals surface area contributed by atoms with E-state index in [-0.39, 0.29) is 17.0 Å². The first kappa shape index (κ1) is 25.6. The quantitative estimate of drug-likeness (QED) is 0.216. The molecule has 34 heavy (non-hydrogen) atoms. The van der Waals surface area contributed by atoms with Gasteiger partial charge in [-0.3, -0.25) is 0 Å². The van der Waals surface area contributed by atoms with Gasteiger partial charge in [0.15, 0.2) is 0 Å². The van der Waals surface area contributed by atoms with Gasteiger partial charge in [0.25, 0.3) is 0 Å². The number of carbonyl (C=O) groups is 1. The Kier molecular flexibility index (Phi) is 8.98. The third kappa shape index (κ3) is 7.00. The first-order valence-electron chi connectivity index (χ1n) is 11.2. The van der Waals surface area contributed by atoms with Crippen LogP contribution in [0.25, 0.3) is 11.1 Å². The molecule has 0 aromatic heterocycles. The molecule has 180 valence electrons. The molecule has 0 saturated heterocycles. The highest BCUT2D eigenvalue weighted by Gasteiger charge is 2.16. The summed E-state index contributed by atoms with van der Waals surface area (Å²) in [5, 5.41) is 32.8. The van der Waals surface area contributed by atoms with Crippen LogP contribution in [-0.4, -0.2) is 45.7 Å². The highest BCUT2D eigenvalue weighted by atomic mass is 32.2. The van der Waals surface area contributed by atoms with Crippen LogP contribution >= 0.6 is 11.8 Å². The molecule has 0 spiro atoms. The number of aliphatic hydroxyl groups excluding tert-OH is 1. The van der Waals surface area contributed by atoms with Crippen molar-refractivity contribution in [3.63, 3.8) is 0 Å². The molecule has 0 heterocycles. The van der Waals surface area contributed by atoms with Gasteiger partial charge >= 0.3 is 5.97 Å². The van der Waals surface area contributed by atoms with Gasteiger partial charge in [-0.2, -0.15) is 0 Å². The molecule has 0 fully saturated rings. The van der Waals surface area contributed by atoms with Gasteiger partial charge in [-0.15, -0.1) is 11.8 Å². The minimum atomic E-state index is -0.919. The third-order valence-electron chi connectivity index (χ3n) is 5.31. The number of phenols is 1. The van der Waals surface area contributed by atoms with E-state index in [1.54, 1.807) is 42.1 Å². The SMILES string of the molecule is CC(C)Sc1cc(-c2ccc(OCCN[C@@H](C)[C@H](O)c3ccc(O)cc3)cc2)ccc1C(=O)O. The Morgan fingerprint density at radius 3 is 2.24 bits per heavy atom. The van der Waals surface area contributed by atoms with E-state index in [0.717, 1.165) is 27.3 Å². The summed E-state index contributed by atoms with van der Waals surface area (Å²) < 4.78 is 5.82. The molecule has 6 nitrogen and oxygen atoms in total. The van der Waals surface area contributed by atoms with E-state index >= 15 is 0 Å². The van der Waals surface area contributed by atoms with E-state index < -0.39 is 12.1 Å². The lowest BCUT2D eigenvalue weighted by atomic mass is 10.0. The van der Waals surface area contributed by atoms with Crippen LogP contribution in [0.1, 0.15) is 42.8 Å². The van der Waals surface area contributed by atoms with Gasteiger partial charge in [0.05, 0.1) is 11.7 Å². The molecule has 0 aliphatic rings. The molecule has 3 aromatic carbocycles. The summed E-state index contributed by atoms with van der Waals surface area (Å²) in [6.07, 6.45) is -0.689. The van der Waals surface area contributed by atoms with Crippen molar-refractivity contribution < 1.29 is 24.9 Å². The first-order chi connectivity index (χ1) is 16.2. The monoisotopic (exact) mass is 481 g/mol. The lowest BCUT2D eigenvalue weighted by Gasteiger charge is -2.21. The fraction of sp³-hybridized carbons (Fsp3) is 0.296. The molecule has 0 amide bonds. The maximum Gasteiger partial charge on any atom is 0.336 e. The van der Waals surface area contributed by atoms with E-state index in [1.165, 1.54) is 0 Å². The molecule has 3 rings (SSSR count). The van der Waals surface area contributed by atoms with Crippen LogP contribution in [0.2, 0.25) is 0 Å². The Morgan fingerprint density at radius 1 is 0.971 bits per heavy atom. The summed E-state index contributed by atoms with van der Waals surface area (Å²) in [5.74, 6) is -0.0173. The summed E-state index contributed by atoms with van der Waals surface area (Å²) >= 11 is 1.54. The molecular formula is C27H31NO5S.